The first-order valence-electron chi connectivity index (χ1n) is 4.93. The third-order valence-electron chi connectivity index (χ3n) is 1.96. The summed E-state index contributed by atoms with van der Waals surface area (Å²) in [6.07, 6.45) is 0. The molecule has 0 saturated heterocycles. The Hall–Kier alpha value is -1.54. The summed E-state index contributed by atoms with van der Waals surface area (Å²) in [6.45, 7) is 0. The molecule has 1 N–H and O–H groups in total. The van der Waals surface area contributed by atoms with Crippen LogP contribution in [0.15, 0.2) is 42.5 Å². The summed E-state index contributed by atoms with van der Waals surface area (Å²) in [6, 6.07) is 14.3. The summed E-state index contributed by atoms with van der Waals surface area (Å²) in [5.74, 6) is 0.911. The molecule has 0 bridgehead atoms. The van der Waals surface area contributed by atoms with E-state index in [2.05, 4.69) is 23.5 Å². The highest BCUT2D eigenvalue weighted by atomic mass is 16.5. The van der Waals surface area contributed by atoms with Gasteiger partial charge in [-0.25, -0.2) is 0 Å². The summed E-state index contributed by atoms with van der Waals surface area (Å²) >= 11 is 0. The fourth-order valence-corrected chi connectivity index (χ4v) is 1.29. The molecule has 2 aromatic carbocycles. The average Bonchev–Trinajstić information content (AvgIpc) is 2.29. The molecule has 0 radical (unpaired) electrons. The number of ether oxygens (including phenoxy) is 1. The standard InChI is InChI=1S/C11H10O.C2H7N/c1-12-11-7-6-9-4-2-3-5-10(9)8-11;1-3-2/h2-8H,1H3;3H,1-2H3. The van der Waals surface area contributed by atoms with E-state index >= 15 is 0 Å². The second-order valence-corrected chi connectivity index (χ2v) is 3.21. The maximum absolute atomic E-state index is 5.12. The molecule has 0 aliphatic carbocycles. The average molecular weight is 203 g/mol. The van der Waals surface area contributed by atoms with Gasteiger partial charge >= 0.3 is 0 Å². The monoisotopic (exact) mass is 203 g/mol. The molecule has 2 aromatic rings. The molecule has 0 unspecified atom stereocenters. The first-order valence-corrected chi connectivity index (χ1v) is 4.93. The topological polar surface area (TPSA) is 21.3 Å². The number of hydrogen-bond acceptors (Lipinski definition) is 2. The lowest BCUT2D eigenvalue weighted by molar-refractivity contribution is 0.415. The van der Waals surface area contributed by atoms with Crippen LogP contribution in [0, 0.1) is 0 Å². The number of hydrogen-bond donors (Lipinski definition) is 1. The van der Waals surface area contributed by atoms with Crippen LogP contribution in [0.4, 0.5) is 0 Å². The zero-order chi connectivity index (χ0) is 11.1. The van der Waals surface area contributed by atoms with Gasteiger partial charge in [-0.05, 0) is 37.0 Å². The molecule has 0 aliphatic rings. The Morgan fingerprint density at radius 2 is 1.53 bits per heavy atom. The van der Waals surface area contributed by atoms with Crippen LogP contribution in [0.25, 0.3) is 10.8 Å². The van der Waals surface area contributed by atoms with E-state index in [1.165, 1.54) is 10.8 Å². The minimum absolute atomic E-state index is 0.911. The maximum atomic E-state index is 5.12. The molecular formula is C13H17NO. The van der Waals surface area contributed by atoms with Crippen LogP contribution in [-0.4, -0.2) is 21.2 Å². The molecule has 15 heavy (non-hydrogen) atoms. The minimum atomic E-state index is 0.911. The summed E-state index contributed by atoms with van der Waals surface area (Å²) in [5.41, 5.74) is 0. The van der Waals surface area contributed by atoms with E-state index in [-0.39, 0.29) is 0 Å². The Morgan fingerprint density at radius 3 is 2.13 bits per heavy atom. The molecule has 2 nitrogen and oxygen atoms in total. The molecular weight excluding hydrogens is 186 g/mol. The molecule has 0 heterocycles. The molecule has 2 rings (SSSR count). The highest BCUT2D eigenvalue weighted by Gasteiger charge is 1.93. The third kappa shape index (κ3) is 3.26. The number of nitrogens with one attached hydrogen (secondary N) is 1. The van der Waals surface area contributed by atoms with Crippen LogP contribution in [-0.2, 0) is 0 Å². The number of rotatable bonds is 1. The predicted octanol–water partition coefficient (Wildman–Crippen LogP) is 2.68. The molecule has 0 fully saturated rings. The van der Waals surface area contributed by atoms with Gasteiger partial charge in [0.1, 0.15) is 5.75 Å². The van der Waals surface area contributed by atoms with Gasteiger partial charge in [-0.3, -0.25) is 0 Å². The van der Waals surface area contributed by atoms with Crippen LogP contribution in [0.1, 0.15) is 0 Å². The van der Waals surface area contributed by atoms with Gasteiger partial charge in [0.25, 0.3) is 0 Å². The van der Waals surface area contributed by atoms with Crippen LogP contribution in [0.3, 0.4) is 0 Å². The van der Waals surface area contributed by atoms with Crippen molar-refractivity contribution in [3.63, 3.8) is 0 Å². The molecule has 0 saturated carbocycles. The largest absolute Gasteiger partial charge is 0.497 e. The van der Waals surface area contributed by atoms with Gasteiger partial charge in [0.2, 0.25) is 0 Å². The van der Waals surface area contributed by atoms with E-state index < -0.39 is 0 Å². The van der Waals surface area contributed by atoms with Crippen LogP contribution in [0.2, 0.25) is 0 Å². The first-order chi connectivity index (χ1) is 7.31. The van der Waals surface area contributed by atoms with E-state index in [4.69, 9.17) is 4.74 Å². The first kappa shape index (κ1) is 11.5. The second-order valence-electron chi connectivity index (χ2n) is 3.21. The molecule has 80 valence electrons. The number of fused-ring (bicyclic) bond motifs is 1. The van der Waals surface area contributed by atoms with Crippen molar-refractivity contribution >= 4 is 10.8 Å². The SMILES string of the molecule is CNC.COc1ccc2ccccc2c1. The Balaban J connectivity index is 0.000000337. The smallest absolute Gasteiger partial charge is 0.119 e. The zero-order valence-electron chi connectivity index (χ0n) is 9.45. The highest BCUT2D eigenvalue weighted by Crippen LogP contribution is 2.19. The van der Waals surface area contributed by atoms with Crippen LogP contribution in [0.5, 0.6) is 5.75 Å². The van der Waals surface area contributed by atoms with E-state index in [1.807, 2.05) is 38.4 Å². The van der Waals surface area contributed by atoms with Crippen molar-refractivity contribution < 1.29 is 4.74 Å². The van der Waals surface area contributed by atoms with Crippen molar-refractivity contribution in [3.8, 4) is 5.75 Å². The second kappa shape index (κ2) is 6.04. The van der Waals surface area contributed by atoms with Crippen molar-refractivity contribution in [3.05, 3.63) is 42.5 Å². The zero-order valence-corrected chi connectivity index (χ0v) is 9.45. The van der Waals surface area contributed by atoms with Crippen molar-refractivity contribution in [2.24, 2.45) is 0 Å². The fraction of sp³-hybridized carbons (Fsp3) is 0.231. The fourth-order valence-electron chi connectivity index (χ4n) is 1.29. The summed E-state index contributed by atoms with van der Waals surface area (Å²) in [5, 5.41) is 5.22. The third-order valence-corrected chi connectivity index (χ3v) is 1.96. The lowest BCUT2D eigenvalue weighted by atomic mass is 10.1. The Morgan fingerprint density at radius 1 is 0.933 bits per heavy atom. The maximum Gasteiger partial charge on any atom is 0.119 e. The van der Waals surface area contributed by atoms with Gasteiger partial charge < -0.3 is 10.1 Å². The number of methoxy groups -OCH3 is 1. The molecule has 0 aliphatic heterocycles. The van der Waals surface area contributed by atoms with Crippen molar-refractivity contribution in [1.29, 1.82) is 0 Å². The highest BCUT2D eigenvalue weighted by molar-refractivity contribution is 5.83. The lowest BCUT2D eigenvalue weighted by Gasteiger charge is -2.00. The quantitative estimate of drug-likeness (QED) is 0.769. The normalized spacial score (nSPS) is 9.27. The summed E-state index contributed by atoms with van der Waals surface area (Å²) < 4.78 is 5.12. The molecule has 0 aromatic heterocycles. The van der Waals surface area contributed by atoms with Gasteiger partial charge in [0.05, 0.1) is 7.11 Å². The molecule has 0 atom stereocenters. The van der Waals surface area contributed by atoms with E-state index in [0.717, 1.165) is 5.75 Å². The van der Waals surface area contributed by atoms with E-state index in [1.54, 1.807) is 7.11 Å². The van der Waals surface area contributed by atoms with Gasteiger partial charge in [0.15, 0.2) is 0 Å². The molecule has 0 amide bonds. The lowest BCUT2D eigenvalue weighted by Crippen LogP contribution is -1.89. The van der Waals surface area contributed by atoms with E-state index in [9.17, 15) is 0 Å². The van der Waals surface area contributed by atoms with Crippen LogP contribution >= 0.6 is 0 Å². The van der Waals surface area contributed by atoms with Crippen molar-refractivity contribution in [2.75, 3.05) is 21.2 Å². The summed E-state index contributed by atoms with van der Waals surface area (Å²) in [7, 11) is 5.43. The predicted molar refractivity (Wildman–Crippen MR) is 65.5 cm³/mol. The Kier molecular flexibility index (Phi) is 4.64. The van der Waals surface area contributed by atoms with E-state index in [0.29, 0.717) is 0 Å². The van der Waals surface area contributed by atoms with Gasteiger partial charge in [-0.2, -0.15) is 0 Å². The summed E-state index contributed by atoms with van der Waals surface area (Å²) in [4.78, 5) is 0. The van der Waals surface area contributed by atoms with Crippen molar-refractivity contribution in [1.82, 2.24) is 5.32 Å². The van der Waals surface area contributed by atoms with Crippen molar-refractivity contribution in [2.45, 2.75) is 0 Å². The minimum Gasteiger partial charge on any atom is -0.497 e. The van der Waals surface area contributed by atoms with Gasteiger partial charge in [-0.15, -0.1) is 0 Å². The van der Waals surface area contributed by atoms with Gasteiger partial charge in [0, 0.05) is 0 Å². The molecule has 2 heteroatoms. The molecule has 0 spiro atoms. The number of benzene rings is 2. The Bertz CT molecular complexity index is 412. The Labute approximate surface area is 90.9 Å². The van der Waals surface area contributed by atoms with Gasteiger partial charge in [-0.1, -0.05) is 30.3 Å². The van der Waals surface area contributed by atoms with Crippen LogP contribution < -0.4 is 10.1 Å².